The summed E-state index contributed by atoms with van der Waals surface area (Å²) in [5, 5.41) is 9.60. The van der Waals surface area contributed by atoms with E-state index in [0.717, 1.165) is 25.2 Å². The minimum Gasteiger partial charge on any atom is -0.363 e. The number of benzene rings is 1. The Hall–Kier alpha value is -1.53. The van der Waals surface area contributed by atoms with E-state index >= 15 is 0 Å². The van der Waals surface area contributed by atoms with Crippen molar-refractivity contribution in [1.29, 1.82) is 5.26 Å². The summed E-state index contributed by atoms with van der Waals surface area (Å²) in [6, 6.07) is 7.53. The Morgan fingerprint density at radius 2 is 2.17 bits per heavy atom. The van der Waals surface area contributed by atoms with Crippen LogP contribution in [0, 0.1) is 11.3 Å². The summed E-state index contributed by atoms with van der Waals surface area (Å²) >= 11 is 6.01. The van der Waals surface area contributed by atoms with Crippen molar-refractivity contribution in [3.8, 4) is 6.07 Å². The number of hydrogen-bond acceptors (Lipinski definition) is 2. The van der Waals surface area contributed by atoms with E-state index in [9.17, 15) is 0 Å². The third-order valence-corrected chi connectivity index (χ3v) is 3.50. The maximum Gasteiger partial charge on any atom is 0.105 e. The Bertz CT molecular complexity index is 502. The molecule has 1 saturated heterocycles. The molecule has 18 heavy (non-hydrogen) atoms. The summed E-state index contributed by atoms with van der Waals surface area (Å²) in [7, 11) is 2.06. The van der Waals surface area contributed by atoms with Crippen LogP contribution in [0.4, 0.5) is 5.69 Å². The molecule has 0 saturated carbocycles. The number of aliphatic imine (C=N–C) groups is 1. The van der Waals surface area contributed by atoms with Gasteiger partial charge in [0.2, 0.25) is 0 Å². The van der Waals surface area contributed by atoms with Crippen molar-refractivity contribution in [2.75, 3.05) is 13.6 Å². The number of nitriles is 1. The SMILES string of the molecule is CN1CCCCC/C1=N/c1cccc(Cl)c1C#N. The van der Waals surface area contributed by atoms with E-state index in [0.29, 0.717) is 16.3 Å². The topological polar surface area (TPSA) is 39.4 Å². The molecule has 94 valence electrons. The van der Waals surface area contributed by atoms with Gasteiger partial charge in [0, 0.05) is 20.0 Å². The highest BCUT2D eigenvalue weighted by molar-refractivity contribution is 6.32. The first-order valence-electron chi connectivity index (χ1n) is 6.19. The van der Waals surface area contributed by atoms with Crippen LogP contribution in [0.2, 0.25) is 5.02 Å². The van der Waals surface area contributed by atoms with Gasteiger partial charge in [0.1, 0.15) is 11.9 Å². The average molecular weight is 262 g/mol. The predicted molar refractivity (Wildman–Crippen MR) is 74.4 cm³/mol. The van der Waals surface area contributed by atoms with Crippen LogP contribution in [0.1, 0.15) is 31.2 Å². The van der Waals surface area contributed by atoms with E-state index in [4.69, 9.17) is 16.9 Å². The molecule has 0 atom stereocenters. The van der Waals surface area contributed by atoms with E-state index in [-0.39, 0.29) is 0 Å². The van der Waals surface area contributed by atoms with Gasteiger partial charge in [-0.05, 0) is 25.0 Å². The fraction of sp³-hybridized carbons (Fsp3) is 0.429. The first-order chi connectivity index (χ1) is 8.72. The average Bonchev–Trinajstić information content (AvgIpc) is 2.55. The Morgan fingerprint density at radius 3 is 2.94 bits per heavy atom. The lowest BCUT2D eigenvalue weighted by Crippen LogP contribution is -2.25. The van der Waals surface area contributed by atoms with Crippen molar-refractivity contribution >= 4 is 23.1 Å². The van der Waals surface area contributed by atoms with E-state index in [1.54, 1.807) is 6.07 Å². The number of amidine groups is 1. The molecule has 3 nitrogen and oxygen atoms in total. The molecule has 4 heteroatoms. The molecule has 1 aliphatic heterocycles. The highest BCUT2D eigenvalue weighted by Crippen LogP contribution is 2.27. The molecule has 0 aliphatic carbocycles. The molecule has 1 aromatic rings. The van der Waals surface area contributed by atoms with Gasteiger partial charge in [-0.2, -0.15) is 5.26 Å². The van der Waals surface area contributed by atoms with Gasteiger partial charge >= 0.3 is 0 Å². The number of halogens is 1. The molecular formula is C14H16ClN3. The highest BCUT2D eigenvalue weighted by Gasteiger charge is 2.12. The van der Waals surface area contributed by atoms with Crippen LogP contribution in [-0.2, 0) is 0 Å². The second-order valence-electron chi connectivity index (χ2n) is 4.51. The van der Waals surface area contributed by atoms with Crippen molar-refractivity contribution < 1.29 is 0 Å². The molecule has 2 rings (SSSR count). The zero-order chi connectivity index (χ0) is 13.0. The number of nitrogens with zero attached hydrogens (tertiary/aromatic N) is 3. The smallest absolute Gasteiger partial charge is 0.105 e. The molecule has 1 aromatic carbocycles. The molecular weight excluding hydrogens is 246 g/mol. The number of rotatable bonds is 1. The summed E-state index contributed by atoms with van der Waals surface area (Å²) in [4.78, 5) is 6.80. The van der Waals surface area contributed by atoms with Gasteiger partial charge in [0.25, 0.3) is 0 Å². The largest absolute Gasteiger partial charge is 0.363 e. The maximum absolute atomic E-state index is 9.13. The quantitative estimate of drug-likeness (QED) is 0.772. The van der Waals surface area contributed by atoms with Gasteiger partial charge in [-0.1, -0.05) is 24.1 Å². The second kappa shape index (κ2) is 5.88. The van der Waals surface area contributed by atoms with Crippen LogP contribution in [0.5, 0.6) is 0 Å². The molecule has 0 bridgehead atoms. The normalized spacial score (nSPS) is 18.5. The van der Waals surface area contributed by atoms with E-state index in [1.807, 2.05) is 12.1 Å². The molecule has 1 aliphatic rings. The zero-order valence-electron chi connectivity index (χ0n) is 10.5. The van der Waals surface area contributed by atoms with Crippen LogP contribution in [0.25, 0.3) is 0 Å². The first kappa shape index (κ1) is 12.9. The summed E-state index contributed by atoms with van der Waals surface area (Å²) in [5.41, 5.74) is 1.14. The van der Waals surface area contributed by atoms with Gasteiger partial charge < -0.3 is 4.90 Å². The van der Waals surface area contributed by atoms with Gasteiger partial charge in [0.05, 0.1) is 16.3 Å². The molecule has 1 fully saturated rings. The third kappa shape index (κ3) is 2.83. The molecule has 0 aromatic heterocycles. The Balaban J connectivity index is 2.37. The fourth-order valence-electron chi connectivity index (χ4n) is 2.13. The second-order valence-corrected chi connectivity index (χ2v) is 4.91. The lowest BCUT2D eigenvalue weighted by molar-refractivity contribution is 0.494. The van der Waals surface area contributed by atoms with E-state index < -0.39 is 0 Å². The van der Waals surface area contributed by atoms with E-state index in [2.05, 4.69) is 23.0 Å². The Labute approximate surface area is 113 Å². The van der Waals surface area contributed by atoms with Crippen LogP contribution in [0.3, 0.4) is 0 Å². The monoisotopic (exact) mass is 261 g/mol. The van der Waals surface area contributed by atoms with E-state index in [1.165, 1.54) is 12.8 Å². The lowest BCUT2D eigenvalue weighted by atomic mass is 10.2. The summed E-state index contributed by atoms with van der Waals surface area (Å²) in [5.74, 6) is 1.05. The third-order valence-electron chi connectivity index (χ3n) is 3.19. The van der Waals surface area contributed by atoms with Gasteiger partial charge in [-0.25, -0.2) is 4.99 Å². The minimum atomic E-state index is 0.462. The zero-order valence-corrected chi connectivity index (χ0v) is 11.2. The van der Waals surface area contributed by atoms with Gasteiger partial charge in [-0.3, -0.25) is 0 Å². The van der Waals surface area contributed by atoms with Crippen molar-refractivity contribution in [3.63, 3.8) is 0 Å². The molecule has 1 heterocycles. The minimum absolute atomic E-state index is 0.462. The highest BCUT2D eigenvalue weighted by atomic mass is 35.5. The molecule has 0 unspecified atom stereocenters. The number of likely N-dealkylation sites (tertiary alicyclic amines) is 1. The summed E-state index contributed by atoms with van der Waals surface area (Å²) < 4.78 is 0. The van der Waals surface area contributed by atoms with Crippen LogP contribution < -0.4 is 0 Å². The molecule has 0 radical (unpaired) electrons. The molecule has 0 spiro atoms. The van der Waals surface area contributed by atoms with Crippen LogP contribution in [-0.4, -0.2) is 24.3 Å². The van der Waals surface area contributed by atoms with Crippen LogP contribution in [0.15, 0.2) is 23.2 Å². The van der Waals surface area contributed by atoms with Gasteiger partial charge in [-0.15, -0.1) is 0 Å². The van der Waals surface area contributed by atoms with Crippen molar-refractivity contribution in [3.05, 3.63) is 28.8 Å². The standard InChI is InChI=1S/C14H16ClN3/c1-18-9-4-2-3-8-14(18)17-13-7-5-6-12(15)11(13)10-16/h5-7H,2-4,8-9H2,1H3/b17-14-. The number of hydrogen-bond donors (Lipinski definition) is 0. The summed E-state index contributed by atoms with van der Waals surface area (Å²) in [6.07, 6.45) is 4.57. The fourth-order valence-corrected chi connectivity index (χ4v) is 2.34. The van der Waals surface area contributed by atoms with Crippen molar-refractivity contribution in [2.45, 2.75) is 25.7 Å². The van der Waals surface area contributed by atoms with Crippen molar-refractivity contribution in [1.82, 2.24) is 4.90 Å². The molecule has 0 amide bonds. The molecule has 0 N–H and O–H groups in total. The lowest BCUT2D eigenvalue weighted by Gasteiger charge is -2.18. The maximum atomic E-state index is 9.13. The summed E-state index contributed by atoms with van der Waals surface area (Å²) in [6.45, 7) is 1.03. The Morgan fingerprint density at radius 1 is 1.33 bits per heavy atom. The van der Waals surface area contributed by atoms with Crippen LogP contribution >= 0.6 is 11.6 Å². The van der Waals surface area contributed by atoms with Gasteiger partial charge in [0.15, 0.2) is 0 Å². The first-order valence-corrected chi connectivity index (χ1v) is 6.57. The predicted octanol–water partition coefficient (Wildman–Crippen LogP) is 3.75. The van der Waals surface area contributed by atoms with Crippen molar-refractivity contribution in [2.24, 2.45) is 4.99 Å². The Kier molecular flexibility index (Phi) is 4.22.